The molecule has 0 saturated heterocycles. The number of carbonyl (C=O) groups is 1. The molecule has 0 aliphatic carbocycles. The smallest absolute Gasteiger partial charge is 0.171 e. The Balaban J connectivity index is 0.000000290. The summed E-state index contributed by atoms with van der Waals surface area (Å²) in [5.41, 5.74) is 8.68. The molecule has 0 unspecified atom stereocenters. The van der Waals surface area contributed by atoms with E-state index in [2.05, 4.69) is 93.1 Å². The van der Waals surface area contributed by atoms with Crippen molar-refractivity contribution in [2.24, 2.45) is 17.3 Å². The number of hydrogen-bond donors (Lipinski definition) is 1. The molecule has 3 heterocycles. The molecule has 6 aromatic rings. The third-order valence-corrected chi connectivity index (χ3v) is 10.6. The fourth-order valence-corrected chi connectivity index (χ4v) is 7.60. The van der Waals surface area contributed by atoms with Crippen LogP contribution in [0.4, 0.5) is 0 Å². The molecule has 0 atom stereocenters. The second kappa shape index (κ2) is 16.1. The number of ketones is 1. The van der Waals surface area contributed by atoms with Crippen LogP contribution in [0.1, 0.15) is 90.8 Å². The first kappa shape index (κ1) is 38.4. The SMILES string of the molecule is CCC(CC)C(=O)/C=C(\O)C(CC)CC.Cc1cc2[c-]c(-c3ncnc4c3sc3c5cc(CC(C)(C)C)ccc5oc43)ccc2cc1C.[Ir]. The van der Waals surface area contributed by atoms with Crippen LogP contribution in [0.25, 0.3) is 53.5 Å². The molecule has 7 heteroatoms. The Kier molecular flexibility index (Phi) is 12.6. The number of carbonyl (C=O) groups excluding carboxylic acids is 1. The van der Waals surface area contributed by atoms with Crippen molar-refractivity contribution in [1.82, 2.24) is 9.97 Å². The van der Waals surface area contributed by atoms with E-state index in [0.29, 0.717) is 0 Å². The molecule has 0 aliphatic rings. The molecule has 0 saturated carbocycles. The Bertz CT molecular complexity index is 2110. The molecular weight excluding hydrogens is 805 g/mol. The van der Waals surface area contributed by atoms with Crippen LogP contribution in [0, 0.1) is 37.2 Å². The molecule has 3 aromatic heterocycles. The van der Waals surface area contributed by atoms with Gasteiger partial charge in [0.25, 0.3) is 0 Å². The predicted molar refractivity (Wildman–Crippen MR) is 203 cm³/mol. The summed E-state index contributed by atoms with van der Waals surface area (Å²) in [5, 5.41) is 13.2. The van der Waals surface area contributed by atoms with Gasteiger partial charge in [-0.15, -0.1) is 41.0 Å². The average molecular weight is 854 g/mol. The maximum atomic E-state index is 11.7. The van der Waals surface area contributed by atoms with Crippen molar-refractivity contribution in [3.05, 3.63) is 83.4 Å². The number of aliphatic hydroxyl groups excluding tert-OH is 1. The number of aryl methyl sites for hydroxylation is 2. The Labute approximate surface area is 308 Å². The van der Waals surface area contributed by atoms with Crippen LogP contribution in [0.2, 0.25) is 0 Å². The van der Waals surface area contributed by atoms with E-state index in [1.165, 1.54) is 28.2 Å². The van der Waals surface area contributed by atoms with Crippen molar-refractivity contribution < 1.29 is 34.4 Å². The first-order valence-electron chi connectivity index (χ1n) is 17.3. The van der Waals surface area contributed by atoms with Gasteiger partial charge in [0.15, 0.2) is 11.4 Å². The molecule has 0 aliphatic heterocycles. The van der Waals surface area contributed by atoms with Crippen LogP contribution in [0.5, 0.6) is 0 Å². The summed E-state index contributed by atoms with van der Waals surface area (Å²) >= 11 is 1.72. The Morgan fingerprint density at radius 1 is 0.918 bits per heavy atom. The number of aromatic nitrogens is 2. The van der Waals surface area contributed by atoms with Crippen molar-refractivity contribution in [3.8, 4) is 11.3 Å². The molecule has 5 nitrogen and oxygen atoms in total. The van der Waals surface area contributed by atoms with Gasteiger partial charge in [-0.25, -0.2) is 4.98 Å². The molecule has 0 bridgehead atoms. The summed E-state index contributed by atoms with van der Waals surface area (Å²) in [6.45, 7) is 19.2. The number of nitrogens with zero attached hydrogens (tertiary/aromatic N) is 2. The number of fused-ring (bicyclic) bond motifs is 6. The second-order valence-corrected chi connectivity index (χ2v) is 15.2. The summed E-state index contributed by atoms with van der Waals surface area (Å²) in [6.07, 6.45) is 7.57. The number of aliphatic hydroxyl groups is 1. The molecule has 6 rings (SSSR count). The van der Waals surface area contributed by atoms with Crippen molar-refractivity contribution in [3.63, 3.8) is 0 Å². The van der Waals surface area contributed by atoms with Crippen molar-refractivity contribution in [2.75, 3.05) is 0 Å². The third kappa shape index (κ3) is 8.50. The van der Waals surface area contributed by atoms with Crippen LogP contribution in [-0.2, 0) is 31.3 Å². The maximum absolute atomic E-state index is 11.7. The Hall–Kier alpha value is -3.38. The van der Waals surface area contributed by atoms with Crippen molar-refractivity contribution in [1.29, 1.82) is 0 Å². The van der Waals surface area contributed by atoms with Gasteiger partial charge < -0.3 is 9.52 Å². The molecular formula is C42H49IrN2O3S-. The molecule has 0 fully saturated rings. The molecule has 49 heavy (non-hydrogen) atoms. The summed E-state index contributed by atoms with van der Waals surface area (Å²) in [6, 6.07) is 18.8. The zero-order valence-corrected chi connectivity index (χ0v) is 33.5. The van der Waals surface area contributed by atoms with Gasteiger partial charge in [-0.05, 0) is 69.1 Å². The minimum atomic E-state index is 0. The van der Waals surface area contributed by atoms with Crippen LogP contribution in [0.15, 0.2) is 65.0 Å². The van der Waals surface area contributed by atoms with Gasteiger partial charge in [-0.3, -0.25) is 9.78 Å². The van der Waals surface area contributed by atoms with Crippen LogP contribution in [0.3, 0.4) is 0 Å². The van der Waals surface area contributed by atoms with Crippen LogP contribution >= 0.6 is 11.3 Å². The average Bonchev–Trinajstić information content (AvgIpc) is 3.58. The van der Waals surface area contributed by atoms with Gasteiger partial charge in [-0.1, -0.05) is 82.7 Å². The minimum Gasteiger partial charge on any atom is -0.512 e. The van der Waals surface area contributed by atoms with E-state index in [1.807, 2.05) is 27.7 Å². The van der Waals surface area contributed by atoms with Gasteiger partial charge in [-0.2, -0.15) is 0 Å². The van der Waals surface area contributed by atoms with E-state index in [0.717, 1.165) is 80.2 Å². The number of thiophene rings is 1. The second-order valence-electron chi connectivity index (χ2n) is 14.2. The number of allylic oxidation sites excluding steroid dienone is 2. The van der Waals surface area contributed by atoms with E-state index in [4.69, 9.17) is 4.42 Å². The summed E-state index contributed by atoms with van der Waals surface area (Å²) in [5.74, 6) is 0.547. The van der Waals surface area contributed by atoms with Gasteiger partial charge >= 0.3 is 0 Å². The largest absolute Gasteiger partial charge is 0.512 e. The first-order valence-corrected chi connectivity index (χ1v) is 18.2. The molecule has 0 spiro atoms. The van der Waals surface area contributed by atoms with Gasteiger partial charge in [0.1, 0.15) is 17.4 Å². The predicted octanol–water partition coefficient (Wildman–Crippen LogP) is 12.3. The summed E-state index contributed by atoms with van der Waals surface area (Å²) < 4.78 is 8.48. The fourth-order valence-electron chi connectivity index (χ4n) is 6.39. The molecule has 1 N–H and O–H groups in total. The quantitative estimate of drug-likeness (QED) is 0.0891. The van der Waals surface area contributed by atoms with Crippen LogP contribution in [-0.4, -0.2) is 20.9 Å². The third-order valence-electron chi connectivity index (χ3n) is 9.37. The molecule has 1 radical (unpaired) electrons. The van der Waals surface area contributed by atoms with Crippen molar-refractivity contribution >= 4 is 59.4 Å². The minimum absolute atomic E-state index is 0. The number of benzene rings is 3. The molecule has 3 aromatic carbocycles. The van der Waals surface area contributed by atoms with Gasteiger partial charge in [0.2, 0.25) is 0 Å². The first-order chi connectivity index (χ1) is 22.9. The fraction of sp³-hybridized carbons (Fsp3) is 0.405. The summed E-state index contributed by atoms with van der Waals surface area (Å²) in [7, 11) is 0. The van der Waals surface area contributed by atoms with E-state index in [-0.39, 0.29) is 48.9 Å². The number of rotatable bonds is 9. The Morgan fingerprint density at radius 3 is 2.24 bits per heavy atom. The molecule has 261 valence electrons. The maximum Gasteiger partial charge on any atom is 0.171 e. The normalized spacial score (nSPS) is 12.3. The topological polar surface area (TPSA) is 76.2 Å². The van der Waals surface area contributed by atoms with E-state index < -0.39 is 0 Å². The van der Waals surface area contributed by atoms with E-state index >= 15 is 0 Å². The van der Waals surface area contributed by atoms with Crippen molar-refractivity contribution in [2.45, 2.75) is 94.4 Å². The zero-order chi connectivity index (χ0) is 34.7. The monoisotopic (exact) mass is 854 g/mol. The van der Waals surface area contributed by atoms with Gasteiger partial charge in [0, 0.05) is 49.1 Å². The number of hydrogen-bond acceptors (Lipinski definition) is 6. The van der Waals surface area contributed by atoms with E-state index in [1.54, 1.807) is 17.7 Å². The van der Waals surface area contributed by atoms with Crippen LogP contribution < -0.4 is 0 Å². The number of furan rings is 1. The standard InChI is InChI=1S/C29H25N2OS.C13H24O2.Ir/c1-16-10-19-7-8-20(13-21(19)11-17(16)2)24-28-25(31-15-30-24)26-27(33-28)22-12-18(14-29(3,4)5)6-9-23(22)32-26;1-5-10(6-2)12(14)9-13(15)11(7-3)8-4;/h6-12,15H,14H2,1-5H3;9-11,14H,5-8H2,1-4H3;/q-1;;/b;12-9-;. The van der Waals surface area contributed by atoms with E-state index in [9.17, 15) is 9.90 Å². The molecule has 0 amide bonds. The summed E-state index contributed by atoms with van der Waals surface area (Å²) in [4.78, 5) is 21.0. The van der Waals surface area contributed by atoms with Gasteiger partial charge in [0.05, 0.1) is 15.2 Å². The zero-order valence-electron chi connectivity index (χ0n) is 30.3. The Morgan fingerprint density at radius 2 is 1.59 bits per heavy atom.